The smallest absolute Gasteiger partial charge is 0.241 e. The van der Waals surface area contributed by atoms with Crippen molar-refractivity contribution >= 4 is 10.0 Å². The molecule has 0 aromatic heterocycles. The quantitative estimate of drug-likeness (QED) is 0.868. The molecular weight excluding hydrogens is 276 g/mol. The summed E-state index contributed by atoms with van der Waals surface area (Å²) in [7, 11) is -2.14. The normalized spacial score (nSPS) is 13.2. The molecule has 0 heterocycles. The lowest BCUT2D eigenvalue weighted by molar-refractivity contribution is 0.157. The summed E-state index contributed by atoms with van der Waals surface area (Å²) >= 11 is 0. The number of hydrogen-bond donors (Lipinski definition) is 1. The Morgan fingerprint density at radius 2 is 2.05 bits per heavy atom. The molecule has 0 spiro atoms. The average molecular weight is 296 g/mol. The van der Waals surface area contributed by atoms with Gasteiger partial charge in [0.25, 0.3) is 0 Å². The van der Waals surface area contributed by atoms with Gasteiger partial charge in [0, 0.05) is 13.2 Å². The van der Waals surface area contributed by atoms with E-state index in [1.807, 2.05) is 19.9 Å². The lowest BCUT2D eigenvalue weighted by atomic mass is 10.1. The summed E-state index contributed by atoms with van der Waals surface area (Å²) in [5.74, 6) is 0.101. The molecule has 0 aliphatic carbocycles. The van der Waals surface area contributed by atoms with Gasteiger partial charge in [-0.2, -0.15) is 5.26 Å². The first kappa shape index (κ1) is 16.6. The van der Waals surface area contributed by atoms with Gasteiger partial charge in [-0.05, 0) is 30.5 Å². The zero-order valence-corrected chi connectivity index (χ0v) is 13.0. The summed E-state index contributed by atoms with van der Waals surface area (Å²) < 4.78 is 32.6. The van der Waals surface area contributed by atoms with Crippen molar-refractivity contribution in [2.75, 3.05) is 13.7 Å². The van der Waals surface area contributed by atoms with Gasteiger partial charge in [0.05, 0.1) is 23.1 Å². The molecule has 6 heteroatoms. The van der Waals surface area contributed by atoms with Crippen LogP contribution < -0.4 is 4.72 Å². The molecule has 0 saturated heterocycles. The summed E-state index contributed by atoms with van der Waals surface area (Å²) in [6.07, 6.45) is 0. The van der Waals surface area contributed by atoms with Gasteiger partial charge in [-0.15, -0.1) is 0 Å². The van der Waals surface area contributed by atoms with Crippen LogP contribution in [0.25, 0.3) is 0 Å². The number of nitrogens with zero attached hydrogens (tertiary/aromatic N) is 1. The molecule has 0 amide bonds. The number of methoxy groups -OCH3 is 1. The molecule has 1 aromatic carbocycles. The van der Waals surface area contributed by atoms with E-state index >= 15 is 0 Å². The van der Waals surface area contributed by atoms with Crippen LogP contribution in [0.5, 0.6) is 0 Å². The van der Waals surface area contributed by atoms with Crippen LogP contribution in [0.1, 0.15) is 25.0 Å². The average Bonchev–Trinajstić information content (AvgIpc) is 2.38. The fourth-order valence-electron chi connectivity index (χ4n) is 1.76. The van der Waals surface area contributed by atoms with Crippen molar-refractivity contribution < 1.29 is 13.2 Å². The topological polar surface area (TPSA) is 79.2 Å². The first-order valence-corrected chi connectivity index (χ1v) is 7.82. The second kappa shape index (κ2) is 6.84. The van der Waals surface area contributed by atoms with Gasteiger partial charge in [-0.1, -0.05) is 19.9 Å². The van der Waals surface area contributed by atoms with Crippen molar-refractivity contribution in [2.45, 2.75) is 31.7 Å². The minimum atomic E-state index is -3.67. The Morgan fingerprint density at radius 3 is 2.55 bits per heavy atom. The van der Waals surface area contributed by atoms with Crippen molar-refractivity contribution in [1.82, 2.24) is 4.72 Å². The zero-order valence-electron chi connectivity index (χ0n) is 12.2. The third kappa shape index (κ3) is 4.04. The molecule has 0 radical (unpaired) electrons. The lowest BCUT2D eigenvalue weighted by Crippen LogP contribution is -2.41. The molecule has 1 rings (SSSR count). The molecule has 110 valence electrons. The highest BCUT2D eigenvalue weighted by Gasteiger charge is 2.24. The number of benzene rings is 1. The second-order valence-electron chi connectivity index (χ2n) is 5.02. The zero-order chi connectivity index (χ0) is 15.3. The van der Waals surface area contributed by atoms with E-state index < -0.39 is 10.0 Å². The Labute approximate surface area is 120 Å². The van der Waals surface area contributed by atoms with Gasteiger partial charge in [0.1, 0.15) is 0 Å². The molecule has 0 aliphatic rings. The Bertz CT molecular complexity index is 603. The molecule has 0 aliphatic heterocycles. The lowest BCUT2D eigenvalue weighted by Gasteiger charge is -2.22. The van der Waals surface area contributed by atoms with Crippen LogP contribution in [0.4, 0.5) is 0 Å². The second-order valence-corrected chi connectivity index (χ2v) is 6.70. The maximum atomic E-state index is 12.4. The van der Waals surface area contributed by atoms with E-state index in [0.29, 0.717) is 17.7 Å². The number of rotatable bonds is 6. The number of aryl methyl sites for hydroxylation is 1. The highest BCUT2D eigenvalue weighted by Crippen LogP contribution is 2.18. The number of nitrogens with one attached hydrogen (secondary N) is 1. The van der Waals surface area contributed by atoms with Gasteiger partial charge < -0.3 is 4.74 Å². The van der Waals surface area contributed by atoms with Crippen LogP contribution in [-0.2, 0) is 14.8 Å². The summed E-state index contributed by atoms with van der Waals surface area (Å²) in [6, 6.07) is 6.27. The molecule has 1 atom stereocenters. The van der Waals surface area contributed by atoms with Gasteiger partial charge in [-0.25, -0.2) is 13.1 Å². The molecule has 1 aromatic rings. The van der Waals surface area contributed by atoms with E-state index in [1.54, 1.807) is 19.1 Å². The van der Waals surface area contributed by atoms with Crippen molar-refractivity contribution in [3.63, 3.8) is 0 Å². The molecule has 0 fully saturated rings. The van der Waals surface area contributed by atoms with E-state index in [-0.39, 0.29) is 16.9 Å². The fraction of sp³-hybridized carbons (Fsp3) is 0.500. The van der Waals surface area contributed by atoms with Gasteiger partial charge >= 0.3 is 0 Å². The minimum absolute atomic E-state index is 0.101. The third-order valence-electron chi connectivity index (χ3n) is 3.06. The van der Waals surface area contributed by atoms with Crippen LogP contribution in [0.3, 0.4) is 0 Å². The largest absolute Gasteiger partial charge is 0.383 e. The molecule has 1 N–H and O–H groups in total. The maximum absolute atomic E-state index is 12.4. The number of sulfonamides is 1. The Morgan fingerprint density at radius 1 is 1.40 bits per heavy atom. The summed E-state index contributed by atoms with van der Waals surface area (Å²) in [6.45, 7) is 5.85. The van der Waals surface area contributed by atoms with Crippen molar-refractivity contribution in [3.05, 3.63) is 29.3 Å². The van der Waals surface area contributed by atoms with E-state index in [9.17, 15) is 8.42 Å². The predicted octanol–water partition coefficient (Wildman–Crippen LogP) is 1.82. The molecular formula is C14H20N2O3S. The number of ether oxygens (including phenoxy) is 1. The van der Waals surface area contributed by atoms with Crippen molar-refractivity contribution in [3.8, 4) is 6.07 Å². The monoisotopic (exact) mass is 296 g/mol. The summed E-state index contributed by atoms with van der Waals surface area (Å²) in [4.78, 5) is 0.137. The van der Waals surface area contributed by atoms with Crippen LogP contribution in [0, 0.1) is 24.2 Å². The van der Waals surface area contributed by atoms with Crippen molar-refractivity contribution in [2.24, 2.45) is 5.92 Å². The van der Waals surface area contributed by atoms with Crippen LogP contribution in [-0.4, -0.2) is 28.2 Å². The van der Waals surface area contributed by atoms with E-state index in [2.05, 4.69) is 4.72 Å². The van der Waals surface area contributed by atoms with Gasteiger partial charge in [0.2, 0.25) is 10.0 Å². The van der Waals surface area contributed by atoms with Crippen LogP contribution >= 0.6 is 0 Å². The first-order valence-electron chi connectivity index (χ1n) is 6.34. The Hall–Kier alpha value is -1.42. The minimum Gasteiger partial charge on any atom is -0.383 e. The van der Waals surface area contributed by atoms with Gasteiger partial charge in [0.15, 0.2) is 0 Å². The van der Waals surface area contributed by atoms with E-state index in [0.717, 1.165) is 0 Å². The Kier molecular flexibility index (Phi) is 5.69. The molecule has 0 bridgehead atoms. The molecule has 0 saturated carbocycles. The molecule has 5 nitrogen and oxygen atoms in total. The highest BCUT2D eigenvalue weighted by atomic mass is 32.2. The van der Waals surface area contributed by atoms with Gasteiger partial charge in [-0.3, -0.25) is 0 Å². The molecule has 20 heavy (non-hydrogen) atoms. The standard InChI is InChI=1S/C14H20N2O3S/c1-10(2)13(9-19-4)16-20(17,18)14-7-12(8-15)6-5-11(14)3/h5-7,10,13,16H,9H2,1-4H3. The number of hydrogen-bond acceptors (Lipinski definition) is 4. The maximum Gasteiger partial charge on any atom is 0.241 e. The van der Waals surface area contributed by atoms with E-state index in [1.165, 1.54) is 13.2 Å². The first-order chi connectivity index (χ1) is 9.31. The molecule has 1 unspecified atom stereocenters. The SMILES string of the molecule is COCC(NS(=O)(=O)c1cc(C#N)ccc1C)C(C)C. The summed E-state index contributed by atoms with van der Waals surface area (Å²) in [5, 5.41) is 8.89. The third-order valence-corrected chi connectivity index (χ3v) is 4.70. The van der Waals surface area contributed by atoms with E-state index in [4.69, 9.17) is 10.00 Å². The summed E-state index contributed by atoms with van der Waals surface area (Å²) in [5.41, 5.74) is 0.931. The predicted molar refractivity (Wildman–Crippen MR) is 76.7 cm³/mol. The Balaban J connectivity index is 3.13. The fourth-order valence-corrected chi connectivity index (χ4v) is 3.40. The number of nitriles is 1. The van der Waals surface area contributed by atoms with Crippen LogP contribution in [0.2, 0.25) is 0 Å². The van der Waals surface area contributed by atoms with Crippen LogP contribution in [0.15, 0.2) is 23.1 Å². The van der Waals surface area contributed by atoms with Crippen molar-refractivity contribution in [1.29, 1.82) is 5.26 Å². The highest BCUT2D eigenvalue weighted by molar-refractivity contribution is 7.89.